The molecule has 0 fully saturated rings. The molecule has 9 heteroatoms. The van der Waals surface area contributed by atoms with Gasteiger partial charge in [-0.15, -0.1) is 12.6 Å². The van der Waals surface area contributed by atoms with E-state index in [4.69, 9.17) is 11.6 Å². The van der Waals surface area contributed by atoms with Crippen LogP contribution in [-0.4, -0.2) is 52.9 Å². The van der Waals surface area contributed by atoms with Crippen LogP contribution in [0.3, 0.4) is 0 Å². The van der Waals surface area contributed by atoms with E-state index in [2.05, 4.69) is 45.6 Å². The zero-order valence-corrected chi connectivity index (χ0v) is 23.2. The highest BCUT2D eigenvalue weighted by atomic mass is 35.5. The SMILES string of the molecule is CC(C)C(O)C(O)CN(C)C(C)C.CCC.O=C(Nc1ccc(F)c(F)c1)c1ccc(Cl)c(S)c1. The summed E-state index contributed by atoms with van der Waals surface area (Å²) in [7, 11) is 1.95. The van der Waals surface area contributed by atoms with Crippen molar-refractivity contribution in [2.45, 2.75) is 71.1 Å². The van der Waals surface area contributed by atoms with Crippen molar-refractivity contribution in [1.82, 2.24) is 4.90 Å². The van der Waals surface area contributed by atoms with Crippen LogP contribution in [-0.2, 0) is 0 Å². The predicted octanol–water partition coefficient (Wildman–Crippen LogP) is 6.28. The van der Waals surface area contributed by atoms with Crippen LogP contribution in [0, 0.1) is 17.6 Å². The van der Waals surface area contributed by atoms with Crippen molar-refractivity contribution in [2.24, 2.45) is 5.92 Å². The van der Waals surface area contributed by atoms with Gasteiger partial charge in [-0.3, -0.25) is 4.79 Å². The highest BCUT2D eigenvalue weighted by Crippen LogP contribution is 2.22. The van der Waals surface area contributed by atoms with Crippen LogP contribution < -0.4 is 5.32 Å². The van der Waals surface area contributed by atoms with Gasteiger partial charge in [0.05, 0.1) is 17.2 Å². The lowest BCUT2D eigenvalue weighted by atomic mass is 10.0. The second-order valence-corrected chi connectivity index (χ2v) is 9.68. The molecule has 2 unspecified atom stereocenters. The summed E-state index contributed by atoms with van der Waals surface area (Å²) in [4.78, 5) is 14.4. The summed E-state index contributed by atoms with van der Waals surface area (Å²) in [6, 6.07) is 8.05. The fraction of sp³-hybridized carbons (Fsp3) is 0.500. The average Bonchev–Trinajstić information content (AvgIpc) is 2.78. The summed E-state index contributed by atoms with van der Waals surface area (Å²) >= 11 is 9.88. The molecule has 0 bridgehead atoms. The molecule has 0 aliphatic carbocycles. The van der Waals surface area contributed by atoms with Crippen LogP contribution in [0.1, 0.15) is 58.3 Å². The second kappa shape index (κ2) is 16.9. The van der Waals surface area contributed by atoms with Gasteiger partial charge in [0.15, 0.2) is 11.6 Å². The standard InChI is InChI=1S/C13H8ClF2NOS.C10H23NO2.C3H8/c14-9-3-1-7(5-12(9)19)13(18)17-8-2-4-10(15)11(16)6-8;1-7(2)10(13)9(12)6-11(5)8(3)4;1-3-2/h1-6,19H,(H,17,18);7-10,12-13H,6H2,1-5H3;3H2,1-2H3. The molecule has 2 aromatic carbocycles. The van der Waals surface area contributed by atoms with E-state index in [0.29, 0.717) is 28.1 Å². The largest absolute Gasteiger partial charge is 0.390 e. The first-order valence-corrected chi connectivity index (χ1v) is 12.4. The molecule has 0 aromatic heterocycles. The number of anilines is 1. The Morgan fingerprint density at radius 1 is 1.06 bits per heavy atom. The Kier molecular flexibility index (Phi) is 16.0. The first-order chi connectivity index (χ1) is 16.2. The molecule has 0 spiro atoms. The van der Waals surface area contributed by atoms with E-state index in [9.17, 15) is 23.8 Å². The van der Waals surface area contributed by atoms with Gasteiger partial charge >= 0.3 is 0 Å². The number of carbonyl (C=O) groups is 1. The molecule has 35 heavy (non-hydrogen) atoms. The van der Waals surface area contributed by atoms with Gasteiger partial charge < -0.3 is 20.4 Å². The number of thiol groups is 1. The van der Waals surface area contributed by atoms with E-state index < -0.39 is 29.7 Å². The first-order valence-electron chi connectivity index (χ1n) is 11.6. The summed E-state index contributed by atoms with van der Waals surface area (Å²) < 4.78 is 25.7. The van der Waals surface area contributed by atoms with Crippen molar-refractivity contribution in [3.8, 4) is 0 Å². The quantitative estimate of drug-likeness (QED) is 0.317. The van der Waals surface area contributed by atoms with Gasteiger partial charge in [-0.1, -0.05) is 45.7 Å². The Labute approximate surface area is 218 Å². The van der Waals surface area contributed by atoms with E-state index in [1.54, 1.807) is 0 Å². The van der Waals surface area contributed by atoms with Crippen LogP contribution in [0.5, 0.6) is 0 Å². The van der Waals surface area contributed by atoms with E-state index in [0.717, 1.165) is 12.1 Å². The summed E-state index contributed by atoms with van der Waals surface area (Å²) in [6.07, 6.45) is -0.0198. The van der Waals surface area contributed by atoms with Crippen LogP contribution >= 0.6 is 24.2 Å². The van der Waals surface area contributed by atoms with E-state index in [1.807, 2.05) is 25.8 Å². The normalized spacial score (nSPS) is 12.5. The van der Waals surface area contributed by atoms with Gasteiger partial charge in [-0.25, -0.2) is 8.78 Å². The minimum atomic E-state index is -1.02. The molecule has 1 amide bonds. The number of likely N-dealkylation sites (N-methyl/N-ethyl adjacent to an activating group) is 1. The average molecular weight is 533 g/mol. The molecule has 0 aliphatic heterocycles. The van der Waals surface area contributed by atoms with Crippen molar-refractivity contribution in [1.29, 1.82) is 0 Å². The zero-order valence-electron chi connectivity index (χ0n) is 21.5. The fourth-order valence-corrected chi connectivity index (χ4v) is 2.82. The maximum absolute atomic E-state index is 13.0. The minimum Gasteiger partial charge on any atom is -0.390 e. The first kappa shape index (κ1) is 33.3. The third-order valence-corrected chi connectivity index (χ3v) is 5.65. The van der Waals surface area contributed by atoms with Crippen molar-refractivity contribution in [2.75, 3.05) is 18.9 Å². The number of nitrogens with one attached hydrogen (secondary N) is 1. The third-order valence-electron chi connectivity index (χ3n) is 4.82. The molecule has 3 N–H and O–H groups in total. The minimum absolute atomic E-state index is 0.107. The maximum Gasteiger partial charge on any atom is 0.255 e. The fourth-order valence-electron chi connectivity index (χ4n) is 2.49. The monoisotopic (exact) mass is 532 g/mol. The molecule has 2 rings (SSSR count). The molecule has 2 atom stereocenters. The highest BCUT2D eigenvalue weighted by molar-refractivity contribution is 7.80. The molecule has 0 saturated heterocycles. The number of aliphatic hydroxyl groups excluding tert-OH is 2. The van der Waals surface area contributed by atoms with Crippen LogP contribution in [0.25, 0.3) is 0 Å². The van der Waals surface area contributed by atoms with Crippen LogP contribution in [0.15, 0.2) is 41.3 Å². The summed E-state index contributed by atoms with van der Waals surface area (Å²) in [5.74, 6) is -2.35. The Hall–Kier alpha value is -1.71. The lowest BCUT2D eigenvalue weighted by molar-refractivity contribution is -0.0256. The molecular formula is C26H39ClF2N2O3S. The Morgan fingerprint density at radius 3 is 2.09 bits per heavy atom. The highest BCUT2D eigenvalue weighted by Gasteiger charge is 2.21. The number of halogens is 3. The van der Waals surface area contributed by atoms with Gasteiger partial charge in [0, 0.05) is 34.8 Å². The molecule has 0 heterocycles. The molecule has 198 valence electrons. The number of benzene rings is 2. The Morgan fingerprint density at radius 2 is 1.63 bits per heavy atom. The Bertz CT molecular complexity index is 916. The van der Waals surface area contributed by atoms with Gasteiger partial charge in [-0.2, -0.15) is 0 Å². The number of aliphatic hydroxyl groups is 2. The molecule has 0 radical (unpaired) electrons. The van der Waals surface area contributed by atoms with E-state index in [1.165, 1.54) is 30.7 Å². The van der Waals surface area contributed by atoms with Gasteiger partial charge in [0.25, 0.3) is 5.91 Å². The molecule has 2 aromatic rings. The number of amides is 1. The van der Waals surface area contributed by atoms with Crippen LogP contribution in [0.2, 0.25) is 5.02 Å². The number of rotatable bonds is 7. The third kappa shape index (κ3) is 12.7. The predicted molar refractivity (Wildman–Crippen MR) is 144 cm³/mol. The molecular weight excluding hydrogens is 494 g/mol. The van der Waals surface area contributed by atoms with E-state index >= 15 is 0 Å². The maximum atomic E-state index is 13.0. The van der Waals surface area contributed by atoms with Gasteiger partial charge in [-0.05, 0) is 57.1 Å². The van der Waals surface area contributed by atoms with Crippen molar-refractivity contribution in [3.05, 3.63) is 58.6 Å². The van der Waals surface area contributed by atoms with Gasteiger partial charge in [0.1, 0.15) is 0 Å². The van der Waals surface area contributed by atoms with E-state index in [-0.39, 0.29) is 11.6 Å². The zero-order chi connectivity index (χ0) is 27.3. The summed E-state index contributed by atoms with van der Waals surface area (Å²) in [6.45, 7) is 12.7. The number of hydrogen-bond donors (Lipinski definition) is 4. The van der Waals surface area contributed by atoms with Crippen LogP contribution in [0.4, 0.5) is 14.5 Å². The summed E-state index contributed by atoms with van der Waals surface area (Å²) in [5, 5.41) is 22.0. The molecule has 5 nitrogen and oxygen atoms in total. The lowest BCUT2D eigenvalue weighted by Gasteiger charge is -2.28. The van der Waals surface area contributed by atoms with Crippen molar-refractivity contribution in [3.63, 3.8) is 0 Å². The van der Waals surface area contributed by atoms with Crippen molar-refractivity contribution < 1.29 is 23.8 Å². The summed E-state index contributed by atoms with van der Waals surface area (Å²) in [5.41, 5.74) is 0.485. The topological polar surface area (TPSA) is 72.8 Å². The number of carbonyl (C=O) groups excluding carboxylic acids is 1. The smallest absolute Gasteiger partial charge is 0.255 e. The number of nitrogens with zero attached hydrogens (tertiary/aromatic N) is 1. The van der Waals surface area contributed by atoms with Gasteiger partial charge in [0.2, 0.25) is 0 Å². The molecule has 0 aliphatic rings. The Balaban J connectivity index is 0.000000632. The molecule has 0 saturated carbocycles. The number of hydrogen-bond acceptors (Lipinski definition) is 5. The second-order valence-electron chi connectivity index (χ2n) is 8.79. The van der Waals surface area contributed by atoms with Crippen molar-refractivity contribution >= 4 is 35.8 Å². The lowest BCUT2D eigenvalue weighted by Crippen LogP contribution is -2.42.